The third-order valence-corrected chi connectivity index (χ3v) is 4.87. The smallest absolute Gasteiger partial charge is 0.274 e. The van der Waals surface area contributed by atoms with Gasteiger partial charge in [0.25, 0.3) is 5.91 Å². The van der Waals surface area contributed by atoms with Crippen LogP contribution in [-0.4, -0.2) is 46.3 Å². The van der Waals surface area contributed by atoms with Crippen LogP contribution in [0.2, 0.25) is 0 Å². The summed E-state index contributed by atoms with van der Waals surface area (Å²) in [6.07, 6.45) is 5.36. The van der Waals surface area contributed by atoms with Gasteiger partial charge < -0.3 is 10.2 Å². The zero-order valence-electron chi connectivity index (χ0n) is 12.8. The van der Waals surface area contributed by atoms with Gasteiger partial charge in [0.2, 0.25) is 0 Å². The van der Waals surface area contributed by atoms with Gasteiger partial charge in [-0.1, -0.05) is 6.92 Å². The Morgan fingerprint density at radius 1 is 1.38 bits per heavy atom. The molecule has 0 spiro atoms. The van der Waals surface area contributed by atoms with Crippen molar-refractivity contribution in [2.45, 2.75) is 45.2 Å². The van der Waals surface area contributed by atoms with Gasteiger partial charge in [-0.2, -0.15) is 5.10 Å². The molecule has 3 rings (SSSR count). The minimum Gasteiger partial charge on any atom is -0.334 e. The van der Waals surface area contributed by atoms with Gasteiger partial charge in [-0.3, -0.25) is 9.48 Å². The molecule has 3 unspecified atom stereocenters. The second kappa shape index (κ2) is 6.79. The molecule has 1 N–H and O–H groups in total. The first kappa shape index (κ1) is 16.3. The normalized spacial score (nSPS) is 29.2. The van der Waals surface area contributed by atoms with E-state index >= 15 is 0 Å². The fraction of sp³-hybridized carbons (Fsp3) is 0.733. The van der Waals surface area contributed by atoms with Crippen LogP contribution >= 0.6 is 12.4 Å². The number of carbonyl (C=O) groups excluding carboxylic acids is 1. The summed E-state index contributed by atoms with van der Waals surface area (Å²) in [4.78, 5) is 14.5. The van der Waals surface area contributed by atoms with Crippen LogP contribution in [0.15, 0.2) is 12.3 Å². The van der Waals surface area contributed by atoms with Gasteiger partial charge in [0.05, 0.1) is 6.04 Å². The number of halogens is 1. The van der Waals surface area contributed by atoms with Crippen molar-refractivity contribution in [2.24, 2.45) is 5.92 Å². The predicted molar refractivity (Wildman–Crippen MR) is 84.9 cm³/mol. The van der Waals surface area contributed by atoms with Crippen LogP contribution in [0, 0.1) is 5.92 Å². The fourth-order valence-electron chi connectivity index (χ4n) is 3.24. The lowest BCUT2D eigenvalue weighted by Gasteiger charge is -2.24. The third-order valence-electron chi connectivity index (χ3n) is 4.87. The van der Waals surface area contributed by atoms with Gasteiger partial charge in [-0.05, 0) is 44.7 Å². The number of aromatic nitrogens is 2. The maximum atomic E-state index is 12.5. The van der Waals surface area contributed by atoms with Crippen LogP contribution in [0.3, 0.4) is 0 Å². The molecule has 2 aliphatic heterocycles. The molecule has 0 aromatic carbocycles. The Bertz CT molecular complexity index is 484. The van der Waals surface area contributed by atoms with Crippen LogP contribution in [0.25, 0.3) is 0 Å². The minimum atomic E-state index is 0. The Kier molecular flexibility index (Phi) is 5.27. The molecule has 21 heavy (non-hydrogen) atoms. The molecular weight excluding hydrogens is 288 g/mol. The summed E-state index contributed by atoms with van der Waals surface area (Å²) in [7, 11) is 0. The molecule has 2 saturated heterocycles. The quantitative estimate of drug-likeness (QED) is 0.910. The summed E-state index contributed by atoms with van der Waals surface area (Å²) in [5.41, 5.74) is 0.594. The maximum absolute atomic E-state index is 12.5. The number of nitrogens with one attached hydrogen (secondary N) is 1. The van der Waals surface area contributed by atoms with Crippen molar-refractivity contribution in [3.05, 3.63) is 18.0 Å². The minimum absolute atomic E-state index is 0. The van der Waals surface area contributed by atoms with Crippen LogP contribution in [-0.2, 0) is 0 Å². The Morgan fingerprint density at radius 3 is 2.81 bits per heavy atom. The van der Waals surface area contributed by atoms with Gasteiger partial charge >= 0.3 is 0 Å². The highest BCUT2D eigenvalue weighted by Crippen LogP contribution is 2.25. The number of carbonyl (C=O) groups is 1. The first-order valence-corrected chi connectivity index (χ1v) is 7.73. The highest BCUT2D eigenvalue weighted by molar-refractivity contribution is 5.92. The molecule has 1 aromatic rings. The van der Waals surface area contributed by atoms with Crippen LogP contribution in [0.5, 0.6) is 0 Å². The summed E-state index contributed by atoms with van der Waals surface area (Å²) in [6, 6.07) is 2.58. The molecule has 2 fully saturated rings. The van der Waals surface area contributed by atoms with Crippen molar-refractivity contribution in [3.8, 4) is 0 Å². The number of piperidine rings is 1. The Balaban J connectivity index is 0.00000161. The van der Waals surface area contributed by atoms with Crippen molar-refractivity contribution in [1.82, 2.24) is 20.0 Å². The molecule has 0 aliphatic carbocycles. The standard InChI is InChI=1S/C15H24N4O.ClH/c1-11-5-8-18(12(11)2)15(20)14-6-9-19(17-14)13-4-3-7-16-10-13;/h6,9,11-13,16H,3-5,7-8,10H2,1-2H3;1H. The third kappa shape index (κ3) is 3.24. The van der Waals surface area contributed by atoms with E-state index in [0.29, 0.717) is 23.7 Å². The molecular formula is C15H25ClN4O. The first-order valence-electron chi connectivity index (χ1n) is 7.73. The van der Waals surface area contributed by atoms with Crippen molar-refractivity contribution >= 4 is 18.3 Å². The van der Waals surface area contributed by atoms with E-state index in [2.05, 4.69) is 24.3 Å². The van der Waals surface area contributed by atoms with E-state index in [1.54, 1.807) is 0 Å². The Labute approximate surface area is 132 Å². The lowest BCUT2D eigenvalue weighted by molar-refractivity contribution is 0.0727. The molecule has 0 radical (unpaired) electrons. The average Bonchev–Trinajstić information content (AvgIpc) is 3.08. The highest BCUT2D eigenvalue weighted by atomic mass is 35.5. The molecule has 5 nitrogen and oxygen atoms in total. The monoisotopic (exact) mass is 312 g/mol. The number of hydrogen-bond acceptors (Lipinski definition) is 3. The number of rotatable bonds is 2. The van der Waals surface area contributed by atoms with Crippen molar-refractivity contribution in [3.63, 3.8) is 0 Å². The fourth-order valence-corrected chi connectivity index (χ4v) is 3.24. The zero-order valence-corrected chi connectivity index (χ0v) is 13.6. The SMILES string of the molecule is CC1CCN(C(=O)c2ccn(C3CCCNC3)n2)C1C.Cl. The van der Waals surface area contributed by atoms with Gasteiger partial charge in [-0.15, -0.1) is 12.4 Å². The summed E-state index contributed by atoms with van der Waals surface area (Å²) in [5, 5.41) is 7.91. The van der Waals surface area contributed by atoms with Crippen molar-refractivity contribution in [2.75, 3.05) is 19.6 Å². The van der Waals surface area contributed by atoms with Gasteiger partial charge in [0.1, 0.15) is 5.69 Å². The lowest BCUT2D eigenvalue weighted by Crippen LogP contribution is -2.36. The van der Waals surface area contributed by atoms with Gasteiger partial charge in [0.15, 0.2) is 0 Å². The molecule has 3 heterocycles. The highest BCUT2D eigenvalue weighted by Gasteiger charge is 2.32. The zero-order chi connectivity index (χ0) is 14.1. The summed E-state index contributed by atoms with van der Waals surface area (Å²) < 4.78 is 1.96. The van der Waals surface area contributed by atoms with Crippen LogP contribution < -0.4 is 5.32 Å². The number of amides is 1. The van der Waals surface area contributed by atoms with Crippen LogP contribution in [0.4, 0.5) is 0 Å². The average molecular weight is 313 g/mol. The summed E-state index contributed by atoms with van der Waals surface area (Å²) in [6.45, 7) is 7.25. The predicted octanol–water partition coefficient (Wildman–Crippen LogP) is 2.10. The number of likely N-dealkylation sites (tertiary alicyclic amines) is 1. The molecule has 2 aliphatic rings. The van der Waals surface area contributed by atoms with Crippen LogP contribution in [0.1, 0.15) is 49.6 Å². The summed E-state index contributed by atoms with van der Waals surface area (Å²) >= 11 is 0. The first-order chi connectivity index (χ1) is 9.66. The van der Waals surface area contributed by atoms with E-state index in [0.717, 1.165) is 32.5 Å². The second-order valence-corrected chi connectivity index (χ2v) is 6.19. The molecule has 1 amide bonds. The van der Waals surface area contributed by atoms with Gasteiger partial charge in [0, 0.05) is 25.3 Å². The van der Waals surface area contributed by atoms with E-state index < -0.39 is 0 Å². The molecule has 1 aromatic heterocycles. The number of hydrogen-bond donors (Lipinski definition) is 1. The van der Waals surface area contributed by atoms with Gasteiger partial charge in [-0.25, -0.2) is 0 Å². The van der Waals surface area contributed by atoms with Crippen molar-refractivity contribution < 1.29 is 4.79 Å². The topological polar surface area (TPSA) is 50.2 Å². The van der Waals surface area contributed by atoms with E-state index in [-0.39, 0.29) is 18.3 Å². The molecule has 0 saturated carbocycles. The van der Waals surface area contributed by atoms with E-state index in [4.69, 9.17) is 0 Å². The number of nitrogens with zero attached hydrogens (tertiary/aromatic N) is 3. The van der Waals surface area contributed by atoms with E-state index in [1.165, 1.54) is 6.42 Å². The van der Waals surface area contributed by atoms with E-state index in [9.17, 15) is 4.79 Å². The molecule has 3 atom stereocenters. The second-order valence-electron chi connectivity index (χ2n) is 6.19. The Morgan fingerprint density at radius 2 is 2.19 bits per heavy atom. The lowest BCUT2D eigenvalue weighted by atomic mass is 10.1. The maximum Gasteiger partial charge on any atom is 0.274 e. The van der Waals surface area contributed by atoms with Crippen molar-refractivity contribution in [1.29, 1.82) is 0 Å². The molecule has 0 bridgehead atoms. The molecule has 6 heteroatoms. The Hall–Kier alpha value is -1.07. The van der Waals surface area contributed by atoms with E-state index in [1.807, 2.05) is 21.8 Å². The largest absolute Gasteiger partial charge is 0.334 e. The summed E-state index contributed by atoms with van der Waals surface area (Å²) in [5.74, 6) is 0.674. The molecule has 118 valence electrons.